The molecule has 0 aliphatic rings. The molecule has 84 valence electrons. The molecule has 0 atom stereocenters. The van der Waals surface area contributed by atoms with E-state index < -0.39 is 0 Å². The average molecular weight is 245 g/mol. The molecule has 0 saturated carbocycles. The van der Waals surface area contributed by atoms with Crippen molar-refractivity contribution in [2.24, 2.45) is 7.05 Å². The molecule has 1 aromatic heterocycles. The van der Waals surface area contributed by atoms with Crippen LogP contribution in [0.3, 0.4) is 0 Å². The minimum atomic E-state index is -0.120. The minimum Gasteiger partial charge on any atom is -0.286 e. The highest BCUT2D eigenvalue weighted by atomic mass is 35.5. The van der Waals surface area contributed by atoms with Crippen LogP contribution in [0, 0.1) is 0 Å². The van der Waals surface area contributed by atoms with Gasteiger partial charge in [-0.2, -0.15) is 0 Å². The molecule has 17 heavy (non-hydrogen) atoms. The van der Waals surface area contributed by atoms with E-state index in [1.54, 1.807) is 7.05 Å². The van der Waals surface area contributed by atoms with Crippen LogP contribution < -0.4 is 5.56 Å². The molecule has 0 aliphatic carbocycles. The molecule has 3 nitrogen and oxygen atoms in total. The van der Waals surface area contributed by atoms with Gasteiger partial charge in [0.2, 0.25) is 5.28 Å². The first-order valence-electron chi connectivity index (χ1n) is 5.22. The lowest BCUT2D eigenvalue weighted by Crippen LogP contribution is -2.18. The predicted octanol–water partition coefficient (Wildman–Crippen LogP) is 2.74. The third-order valence-electron chi connectivity index (χ3n) is 2.89. The molecule has 1 heterocycles. The van der Waals surface area contributed by atoms with E-state index in [2.05, 4.69) is 4.98 Å². The zero-order chi connectivity index (χ0) is 12.0. The van der Waals surface area contributed by atoms with Gasteiger partial charge < -0.3 is 0 Å². The van der Waals surface area contributed by atoms with Crippen LogP contribution in [0.25, 0.3) is 21.7 Å². The topological polar surface area (TPSA) is 34.9 Å². The smallest absolute Gasteiger partial charge is 0.262 e. The van der Waals surface area contributed by atoms with Crippen LogP contribution in [0.15, 0.2) is 41.2 Å². The summed E-state index contributed by atoms with van der Waals surface area (Å²) in [5.41, 5.74) is 0.516. The van der Waals surface area contributed by atoms with Crippen LogP contribution in [0.1, 0.15) is 0 Å². The van der Waals surface area contributed by atoms with Crippen LogP contribution in [-0.2, 0) is 7.05 Å². The molecule has 0 aliphatic heterocycles. The zero-order valence-corrected chi connectivity index (χ0v) is 9.90. The maximum Gasteiger partial charge on any atom is 0.262 e. The van der Waals surface area contributed by atoms with E-state index >= 15 is 0 Å². The molecule has 0 radical (unpaired) electrons. The summed E-state index contributed by atoms with van der Waals surface area (Å²) in [6, 6.07) is 11.6. The van der Waals surface area contributed by atoms with E-state index in [0.717, 1.165) is 10.8 Å². The van der Waals surface area contributed by atoms with Crippen molar-refractivity contribution in [1.29, 1.82) is 0 Å². The lowest BCUT2D eigenvalue weighted by atomic mass is 10.1. The molecule has 2 aromatic carbocycles. The molecule has 0 bridgehead atoms. The summed E-state index contributed by atoms with van der Waals surface area (Å²) in [6.45, 7) is 0. The maximum absolute atomic E-state index is 12.0. The Morgan fingerprint density at radius 1 is 1.18 bits per heavy atom. The molecule has 3 aromatic rings. The van der Waals surface area contributed by atoms with Gasteiger partial charge in [-0.05, 0) is 34.5 Å². The minimum absolute atomic E-state index is 0.120. The van der Waals surface area contributed by atoms with Gasteiger partial charge in [0.25, 0.3) is 5.56 Å². The number of nitrogens with zero attached hydrogens (tertiary/aromatic N) is 2. The first kappa shape index (κ1) is 10.3. The highest BCUT2D eigenvalue weighted by Gasteiger charge is 2.07. The summed E-state index contributed by atoms with van der Waals surface area (Å²) in [5, 5.41) is 2.88. The Kier molecular flexibility index (Phi) is 2.16. The number of hydrogen-bond donors (Lipinski definition) is 0. The third-order valence-corrected chi connectivity index (χ3v) is 3.23. The van der Waals surface area contributed by atoms with Gasteiger partial charge in [-0.15, -0.1) is 0 Å². The fourth-order valence-electron chi connectivity index (χ4n) is 1.93. The molecule has 0 unspecified atom stereocenters. The second kappa shape index (κ2) is 3.57. The zero-order valence-electron chi connectivity index (χ0n) is 9.14. The molecule has 0 N–H and O–H groups in total. The first-order chi connectivity index (χ1) is 8.16. The van der Waals surface area contributed by atoms with Gasteiger partial charge in [0, 0.05) is 7.05 Å². The number of rotatable bonds is 0. The van der Waals surface area contributed by atoms with Gasteiger partial charge >= 0.3 is 0 Å². The second-order valence-electron chi connectivity index (χ2n) is 3.96. The van der Waals surface area contributed by atoms with Crippen molar-refractivity contribution >= 4 is 33.3 Å². The molecule has 0 spiro atoms. The number of hydrogen-bond acceptors (Lipinski definition) is 2. The predicted molar refractivity (Wildman–Crippen MR) is 69.5 cm³/mol. The van der Waals surface area contributed by atoms with Gasteiger partial charge in [-0.25, -0.2) is 4.98 Å². The van der Waals surface area contributed by atoms with E-state index in [1.807, 2.05) is 36.4 Å². The highest BCUT2D eigenvalue weighted by Crippen LogP contribution is 2.20. The molecule has 0 fully saturated rings. The van der Waals surface area contributed by atoms with Gasteiger partial charge in [-0.3, -0.25) is 9.36 Å². The van der Waals surface area contributed by atoms with Crippen LogP contribution in [0.4, 0.5) is 0 Å². The Hall–Kier alpha value is -1.87. The van der Waals surface area contributed by atoms with Gasteiger partial charge in [0.15, 0.2) is 0 Å². The third kappa shape index (κ3) is 1.51. The summed E-state index contributed by atoms with van der Waals surface area (Å²) in [4.78, 5) is 16.2. The van der Waals surface area contributed by atoms with Gasteiger partial charge in [-0.1, -0.05) is 24.3 Å². The molecule has 0 amide bonds. The first-order valence-corrected chi connectivity index (χ1v) is 5.59. The number of benzene rings is 2. The highest BCUT2D eigenvalue weighted by molar-refractivity contribution is 6.28. The van der Waals surface area contributed by atoms with Crippen molar-refractivity contribution in [3.63, 3.8) is 0 Å². The van der Waals surface area contributed by atoms with Gasteiger partial charge in [0.1, 0.15) is 0 Å². The summed E-state index contributed by atoms with van der Waals surface area (Å²) in [7, 11) is 1.62. The Morgan fingerprint density at radius 3 is 2.53 bits per heavy atom. The van der Waals surface area contributed by atoms with E-state index in [4.69, 9.17) is 11.6 Å². The molecular weight excluding hydrogens is 236 g/mol. The van der Waals surface area contributed by atoms with Crippen molar-refractivity contribution in [1.82, 2.24) is 9.55 Å². The van der Waals surface area contributed by atoms with E-state index in [9.17, 15) is 4.79 Å². The maximum atomic E-state index is 12.0. The largest absolute Gasteiger partial charge is 0.286 e. The Morgan fingerprint density at radius 2 is 1.82 bits per heavy atom. The number of aromatic nitrogens is 2. The molecule has 0 saturated heterocycles. The van der Waals surface area contributed by atoms with Gasteiger partial charge in [0.05, 0.1) is 10.9 Å². The summed E-state index contributed by atoms with van der Waals surface area (Å²) in [6.07, 6.45) is 0. The molecule has 3 rings (SSSR count). The fourth-order valence-corrected chi connectivity index (χ4v) is 2.10. The SMILES string of the molecule is Cn1c(Cl)nc2cc3ccccc3cc2c1=O. The van der Waals surface area contributed by atoms with E-state index in [1.165, 1.54) is 4.57 Å². The van der Waals surface area contributed by atoms with Crippen molar-refractivity contribution < 1.29 is 0 Å². The van der Waals surface area contributed by atoms with E-state index in [-0.39, 0.29) is 10.8 Å². The van der Waals surface area contributed by atoms with Crippen molar-refractivity contribution in [3.05, 3.63) is 52.0 Å². The standard InChI is InChI=1S/C13H9ClN2O/c1-16-12(17)10-6-8-4-2-3-5-9(8)7-11(10)15-13(16)14/h2-7H,1H3. The fraction of sp³-hybridized carbons (Fsp3) is 0.0769. The van der Waals surface area contributed by atoms with E-state index in [0.29, 0.717) is 10.9 Å². The average Bonchev–Trinajstić information content (AvgIpc) is 2.34. The van der Waals surface area contributed by atoms with Crippen molar-refractivity contribution in [2.75, 3.05) is 0 Å². The van der Waals surface area contributed by atoms with Crippen LogP contribution in [0.2, 0.25) is 5.28 Å². The lowest BCUT2D eigenvalue weighted by Gasteiger charge is -2.05. The Bertz CT molecular complexity index is 792. The number of halogens is 1. The van der Waals surface area contributed by atoms with Crippen molar-refractivity contribution in [3.8, 4) is 0 Å². The summed E-state index contributed by atoms with van der Waals surface area (Å²) in [5.74, 6) is 0. The van der Waals surface area contributed by atoms with Crippen LogP contribution in [-0.4, -0.2) is 9.55 Å². The monoisotopic (exact) mass is 244 g/mol. The quantitative estimate of drug-likeness (QED) is 0.450. The Labute approximate surface area is 102 Å². The van der Waals surface area contributed by atoms with Crippen LogP contribution in [0.5, 0.6) is 0 Å². The second-order valence-corrected chi connectivity index (χ2v) is 4.30. The molecule has 4 heteroatoms. The summed E-state index contributed by atoms with van der Waals surface area (Å²) < 4.78 is 1.35. The van der Waals surface area contributed by atoms with Crippen LogP contribution >= 0.6 is 11.6 Å². The Balaban J connectivity index is 2.57. The molecular formula is C13H9ClN2O. The normalized spacial score (nSPS) is 11.2. The van der Waals surface area contributed by atoms with Crippen molar-refractivity contribution in [2.45, 2.75) is 0 Å². The summed E-state index contributed by atoms with van der Waals surface area (Å²) >= 11 is 5.90. The lowest BCUT2D eigenvalue weighted by molar-refractivity contribution is 0.844. The number of fused-ring (bicyclic) bond motifs is 2.